The minimum absolute atomic E-state index is 0.0146. The zero-order valence-corrected chi connectivity index (χ0v) is 14.2. The summed E-state index contributed by atoms with van der Waals surface area (Å²) in [6.07, 6.45) is 2.38. The van der Waals surface area contributed by atoms with Gasteiger partial charge in [-0.2, -0.15) is 0 Å². The Bertz CT molecular complexity index is 495. The zero-order valence-electron chi connectivity index (χ0n) is 11.9. The Hall–Kier alpha value is -0.580. The molecule has 3 nitrogen and oxygen atoms in total. The van der Waals surface area contributed by atoms with Crippen molar-refractivity contribution in [1.82, 2.24) is 9.80 Å². The van der Waals surface area contributed by atoms with E-state index in [1.807, 2.05) is 13.1 Å². The normalized spacial score (nSPS) is 19.3. The minimum atomic E-state index is -0.0146. The molecule has 1 aliphatic heterocycles. The first-order chi connectivity index (χ1) is 9.52. The molecule has 1 atom stereocenters. The number of amides is 1. The van der Waals surface area contributed by atoms with Crippen LogP contribution in [0.2, 0.25) is 5.02 Å². The van der Waals surface area contributed by atoms with Crippen LogP contribution in [0.5, 0.6) is 0 Å². The average Bonchev–Trinajstić information content (AvgIpc) is 2.87. The second kappa shape index (κ2) is 6.92. The highest BCUT2D eigenvalue weighted by Crippen LogP contribution is 2.23. The molecule has 1 heterocycles. The molecule has 0 spiro atoms. The number of rotatable bonds is 4. The fourth-order valence-corrected chi connectivity index (χ4v) is 3.34. The van der Waals surface area contributed by atoms with E-state index in [-0.39, 0.29) is 5.91 Å². The van der Waals surface area contributed by atoms with Gasteiger partial charge in [0.15, 0.2) is 0 Å². The molecule has 0 aromatic heterocycles. The second-order valence-electron chi connectivity index (χ2n) is 5.23. The Morgan fingerprint density at radius 1 is 1.55 bits per heavy atom. The largest absolute Gasteiger partial charge is 0.340 e. The number of halogens is 2. The van der Waals surface area contributed by atoms with Crippen LogP contribution in [-0.2, 0) is 0 Å². The Labute approximate surface area is 134 Å². The van der Waals surface area contributed by atoms with Gasteiger partial charge in [-0.1, -0.05) is 34.5 Å². The molecular formula is C15H20BrClN2O. The van der Waals surface area contributed by atoms with Crippen molar-refractivity contribution in [3.05, 3.63) is 33.3 Å². The molecule has 1 unspecified atom stereocenters. The molecule has 0 N–H and O–H groups in total. The molecule has 20 heavy (non-hydrogen) atoms. The van der Waals surface area contributed by atoms with Crippen molar-refractivity contribution >= 4 is 33.4 Å². The fraction of sp³-hybridized carbons (Fsp3) is 0.533. The van der Waals surface area contributed by atoms with Crippen LogP contribution in [0.25, 0.3) is 0 Å². The molecule has 1 aromatic carbocycles. The van der Waals surface area contributed by atoms with Crippen LogP contribution < -0.4 is 0 Å². The number of carbonyl (C=O) groups excluding carboxylic acids is 1. The van der Waals surface area contributed by atoms with Crippen LogP contribution in [-0.4, -0.2) is 48.4 Å². The first kappa shape index (κ1) is 15.8. The molecule has 5 heteroatoms. The number of hydrogen-bond acceptors (Lipinski definition) is 2. The lowest BCUT2D eigenvalue weighted by molar-refractivity contribution is 0.0754. The molecule has 2 rings (SSSR count). The van der Waals surface area contributed by atoms with Gasteiger partial charge in [0.2, 0.25) is 0 Å². The van der Waals surface area contributed by atoms with Gasteiger partial charge < -0.3 is 4.90 Å². The number of benzene rings is 1. The number of likely N-dealkylation sites (tertiary alicyclic amines) is 1. The average molecular weight is 360 g/mol. The predicted octanol–water partition coefficient (Wildman–Crippen LogP) is 3.66. The molecule has 110 valence electrons. The van der Waals surface area contributed by atoms with E-state index in [2.05, 4.69) is 27.8 Å². The summed E-state index contributed by atoms with van der Waals surface area (Å²) in [5.74, 6) is -0.0146. The lowest BCUT2D eigenvalue weighted by Gasteiger charge is -2.28. The van der Waals surface area contributed by atoms with Crippen LogP contribution in [0, 0.1) is 0 Å². The molecule has 0 bridgehead atoms. The van der Waals surface area contributed by atoms with Gasteiger partial charge >= 0.3 is 0 Å². The fourth-order valence-electron chi connectivity index (χ4n) is 2.78. The number of likely N-dealkylation sites (N-methyl/N-ethyl adjacent to an activating group) is 2. The molecule has 1 fully saturated rings. The highest BCUT2D eigenvalue weighted by Gasteiger charge is 2.26. The molecule has 0 aliphatic carbocycles. The summed E-state index contributed by atoms with van der Waals surface area (Å²) >= 11 is 9.51. The van der Waals surface area contributed by atoms with Crippen LogP contribution >= 0.6 is 27.5 Å². The zero-order chi connectivity index (χ0) is 14.7. The Balaban J connectivity index is 2.07. The SMILES string of the molecule is CCN1CCCC1CN(C)C(=O)c1cc(Br)ccc1Cl. The summed E-state index contributed by atoms with van der Waals surface area (Å²) in [5, 5.41) is 0.504. The monoisotopic (exact) mass is 358 g/mol. The standard InChI is InChI=1S/C15H20BrClN2O/c1-3-19-8-4-5-12(19)10-18(2)15(20)13-9-11(16)6-7-14(13)17/h6-7,9,12H,3-5,8,10H2,1-2H3. The van der Waals surface area contributed by atoms with E-state index in [1.54, 1.807) is 17.0 Å². The maximum Gasteiger partial charge on any atom is 0.255 e. The summed E-state index contributed by atoms with van der Waals surface area (Å²) in [5.41, 5.74) is 0.560. The summed E-state index contributed by atoms with van der Waals surface area (Å²) < 4.78 is 0.870. The maximum atomic E-state index is 12.5. The highest BCUT2D eigenvalue weighted by molar-refractivity contribution is 9.10. The van der Waals surface area contributed by atoms with E-state index in [1.165, 1.54) is 6.42 Å². The number of nitrogens with zero attached hydrogens (tertiary/aromatic N) is 2. The van der Waals surface area contributed by atoms with Crippen LogP contribution in [0.15, 0.2) is 22.7 Å². The topological polar surface area (TPSA) is 23.6 Å². The third-order valence-electron chi connectivity index (χ3n) is 3.90. The minimum Gasteiger partial charge on any atom is -0.340 e. The smallest absolute Gasteiger partial charge is 0.255 e. The van der Waals surface area contributed by atoms with Gasteiger partial charge in [0, 0.05) is 24.1 Å². The van der Waals surface area contributed by atoms with E-state index < -0.39 is 0 Å². The van der Waals surface area contributed by atoms with E-state index in [0.29, 0.717) is 16.6 Å². The van der Waals surface area contributed by atoms with E-state index in [0.717, 1.165) is 30.5 Å². The Kier molecular flexibility index (Phi) is 5.47. The lowest BCUT2D eigenvalue weighted by Crippen LogP contribution is -2.41. The summed E-state index contributed by atoms with van der Waals surface area (Å²) in [6, 6.07) is 5.85. The lowest BCUT2D eigenvalue weighted by atomic mass is 10.1. The van der Waals surface area contributed by atoms with Crippen molar-refractivity contribution in [2.75, 3.05) is 26.7 Å². The van der Waals surface area contributed by atoms with Crippen molar-refractivity contribution in [2.24, 2.45) is 0 Å². The summed E-state index contributed by atoms with van der Waals surface area (Å²) in [4.78, 5) is 16.7. The Morgan fingerprint density at radius 3 is 3.00 bits per heavy atom. The van der Waals surface area contributed by atoms with Gasteiger partial charge in [-0.3, -0.25) is 9.69 Å². The number of carbonyl (C=O) groups is 1. The first-order valence-corrected chi connectivity index (χ1v) is 8.14. The van der Waals surface area contributed by atoms with Gasteiger partial charge in [-0.15, -0.1) is 0 Å². The molecule has 0 saturated carbocycles. The molecule has 1 aliphatic rings. The van der Waals surface area contributed by atoms with Gasteiger partial charge in [-0.25, -0.2) is 0 Å². The third kappa shape index (κ3) is 3.54. The quantitative estimate of drug-likeness (QED) is 0.819. The van der Waals surface area contributed by atoms with Crippen LogP contribution in [0.4, 0.5) is 0 Å². The van der Waals surface area contributed by atoms with Crippen LogP contribution in [0.3, 0.4) is 0 Å². The maximum absolute atomic E-state index is 12.5. The van der Waals surface area contributed by atoms with Crippen molar-refractivity contribution in [1.29, 1.82) is 0 Å². The molecular weight excluding hydrogens is 340 g/mol. The molecule has 0 radical (unpaired) electrons. The van der Waals surface area contributed by atoms with Crippen molar-refractivity contribution in [3.63, 3.8) is 0 Å². The number of hydrogen-bond donors (Lipinski definition) is 0. The van der Waals surface area contributed by atoms with Crippen molar-refractivity contribution in [2.45, 2.75) is 25.8 Å². The second-order valence-corrected chi connectivity index (χ2v) is 6.56. The Morgan fingerprint density at radius 2 is 2.30 bits per heavy atom. The molecule has 1 aromatic rings. The third-order valence-corrected chi connectivity index (χ3v) is 4.72. The van der Waals surface area contributed by atoms with Crippen molar-refractivity contribution in [3.8, 4) is 0 Å². The van der Waals surface area contributed by atoms with Gasteiger partial charge in [-0.05, 0) is 44.1 Å². The van der Waals surface area contributed by atoms with Gasteiger partial charge in [0.05, 0.1) is 10.6 Å². The van der Waals surface area contributed by atoms with E-state index >= 15 is 0 Å². The van der Waals surface area contributed by atoms with E-state index in [9.17, 15) is 4.79 Å². The van der Waals surface area contributed by atoms with E-state index in [4.69, 9.17) is 11.6 Å². The molecule has 1 amide bonds. The van der Waals surface area contributed by atoms with Gasteiger partial charge in [0.1, 0.15) is 0 Å². The van der Waals surface area contributed by atoms with Crippen LogP contribution in [0.1, 0.15) is 30.1 Å². The summed E-state index contributed by atoms with van der Waals surface area (Å²) in [7, 11) is 1.85. The predicted molar refractivity (Wildman–Crippen MR) is 86.4 cm³/mol. The molecule has 1 saturated heterocycles. The first-order valence-electron chi connectivity index (χ1n) is 6.97. The van der Waals surface area contributed by atoms with Gasteiger partial charge in [0.25, 0.3) is 5.91 Å². The highest BCUT2D eigenvalue weighted by atomic mass is 79.9. The summed E-state index contributed by atoms with van der Waals surface area (Å²) in [6.45, 7) is 5.12. The van der Waals surface area contributed by atoms with Crippen molar-refractivity contribution < 1.29 is 4.79 Å².